The Morgan fingerprint density at radius 3 is 2.42 bits per heavy atom. The topological polar surface area (TPSA) is 20.2 Å². The maximum absolute atomic E-state index is 9.98. The molecule has 1 nitrogen and oxygen atoms in total. The average molecular weight is 233 g/mol. The SMILES string of the molecule is CC1(C)[C@@H]2CC[C@]1(CBr)[C@@H](O)C2. The summed E-state index contributed by atoms with van der Waals surface area (Å²) < 4.78 is 0. The zero-order valence-corrected chi connectivity index (χ0v) is 9.39. The molecule has 3 atom stereocenters. The van der Waals surface area contributed by atoms with E-state index >= 15 is 0 Å². The number of halogens is 1. The van der Waals surface area contributed by atoms with E-state index in [1.165, 1.54) is 12.8 Å². The van der Waals surface area contributed by atoms with Crippen LogP contribution in [-0.2, 0) is 0 Å². The first-order valence-electron chi connectivity index (χ1n) is 4.78. The fourth-order valence-corrected chi connectivity index (χ4v) is 4.73. The highest BCUT2D eigenvalue weighted by Gasteiger charge is 2.62. The molecule has 0 amide bonds. The molecule has 12 heavy (non-hydrogen) atoms. The molecule has 2 fully saturated rings. The number of aliphatic hydroxyl groups excluding tert-OH is 1. The lowest BCUT2D eigenvalue weighted by Crippen LogP contribution is -2.40. The van der Waals surface area contributed by atoms with Crippen LogP contribution in [0.3, 0.4) is 0 Å². The van der Waals surface area contributed by atoms with Crippen LogP contribution in [-0.4, -0.2) is 16.5 Å². The van der Waals surface area contributed by atoms with Crippen LogP contribution in [0.15, 0.2) is 0 Å². The molecule has 0 saturated heterocycles. The van der Waals surface area contributed by atoms with Gasteiger partial charge in [-0.1, -0.05) is 29.8 Å². The lowest BCUT2D eigenvalue weighted by molar-refractivity contribution is 0.0178. The third-order valence-corrected chi connectivity index (χ3v) is 5.63. The number of fused-ring (bicyclic) bond motifs is 2. The van der Waals surface area contributed by atoms with E-state index in [0.717, 1.165) is 17.7 Å². The number of hydrogen-bond donors (Lipinski definition) is 1. The summed E-state index contributed by atoms with van der Waals surface area (Å²) in [5.41, 5.74) is 0.521. The summed E-state index contributed by atoms with van der Waals surface area (Å²) in [7, 11) is 0. The maximum atomic E-state index is 9.98. The molecule has 2 aliphatic rings. The van der Waals surface area contributed by atoms with Crippen molar-refractivity contribution in [1.29, 1.82) is 0 Å². The largest absolute Gasteiger partial charge is 0.392 e. The number of aliphatic hydroxyl groups is 1. The molecule has 0 aromatic heterocycles. The highest BCUT2D eigenvalue weighted by atomic mass is 79.9. The third kappa shape index (κ3) is 0.784. The molecule has 0 unspecified atom stereocenters. The predicted molar refractivity (Wildman–Crippen MR) is 53.4 cm³/mol. The maximum Gasteiger partial charge on any atom is 0.0612 e. The van der Waals surface area contributed by atoms with Gasteiger partial charge < -0.3 is 5.11 Å². The molecule has 0 radical (unpaired) electrons. The second-order valence-corrected chi connectivity index (χ2v) is 5.56. The van der Waals surface area contributed by atoms with Crippen LogP contribution < -0.4 is 0 Å². The van der Waals surface area contributed by atoms with Crippen LogP contribution in [0.25, 0.3) is 0 Å². The van der Waals surface area contributed by atoms with E-state index in [-0.39, 0.29) is 11.5 Å². The van der Waals surface area contributed by atoms with Gasteiger partial charge >= 0.3 is 0 Å². The zero-order valence-electron chi connectivity index (χ0n) is 7.81. The van der Waals surface area contributed by atoms with Crippen molar-refractivity contribution in [3.8, 4) is 0 Å². The van der Waals surface area contributed by atoms with Gasteiger partial charge in [-0.05, 0) is 30.6 Å². The standard InChI is InChI=1S/C10H17BrO/c1-9(2)7-3-4-10(9,6-11)8(12)5-7/h7-8,12H,3-6H2,1-2H3/t7-,8+,10+/m1/s1. The molecular weight excluding hydrogens is 216 g/mol. The van der Waals surface area contributed by atoms with Gasteiger partial charge in [0.1, 0.15) is 0 Å². The van der Waals surface area contributed by atoms with Crippen LogP contribution in [0, 0.1) is 16.7 Å². The zero-order chi connectivity index (χ0) is 8.98. The Balaban J connectivity index is 2.39. The van der Waals surface area contributed by atoms with E-state index in [9.17, 15) is 5.11 Å². The van der Waals surface area contributed by atoms with Crippen molar-refractivity contribution in [2.75, 3.05) is 5.33 Å². The van der Waals surface area contributed by atoms with Crippen LogP contribution in [0.1, 0.15) is 33.1 Å². The monoisotopic (exact) mass is 232 g/mol. The Morgan fingerprint density at radius 2 is 2.17 bits per heavy atom. The Kier molecular flexibility index (Phi) is 1.86. The fraction of sp³-hybridized carbons (Fsp3) is 1.00. The summed E-state index contributed by atoms with van der Waals surface area (Å²) in [6.45, 7) is 4.64. The van der Waals surface area contributed by atoms with Crippen molar-refractivity contribution in [3.63, 3.8) is 0 Å². The number of rotatable bonds is 1. The minimum Gasteiger partial charge on any atom is -0.392 e. The number of alkyl halides is 1. The molecule has 2 aliphatic carbocycles. The van der Waals surface area contributed by atoms with Gasteiger partial charge in [0, 0.05) is 10.7 Å². The average Bonchev–Trinajstić information content (AvgIpc) is 2.36. The van der Waals surface area contributed by atoms with Gasteiger partial charge in [-0.15, -0.1) is 0 Å². The second-order valence-electron chi connectivity index (χ2n) is 5.00. The summed E-state index contributed by atoms with van der Waals surface area (Å²) in [4.78, 5) is 0. The number of hydrogen-bond acceptors (Lipinski definition) is 1. The molecule has 0 aromatic rings. The Morgan fingerprint density at radius 1 is 1.50 bits per heavy atom. The molecule has 2 heteroatoms. The molecule has 0 aliphatic heterocycles. The highest BCUT2D eigenvalue weighted by Crippen LogP contribution is 2.66. The molecule has 0 spiro atoms. The molecule has 2 bridgehead atoms. The first-order chi connectivity index (χ1) is 5.54. The van der Waals surface area contributed by atoms with Gasteiger partial charge in [0.15, 0.2) is 0 Å². The second kappa shape index (κ2) is 2.48. The van der Waals surface area contributed by atoms with Crippen LogP contribution in [0.4, 0.5) is 0 Å². The van der Waals surface area contributed by atoms with Gasteiger partial charge in [0.05, 0.1) is 6.10 Å². The molecule has 2 rings (SSSR count). The molecule has 2 saturated carbocycles. The first kappa shape index (κ1) is 9.01. The van der Waals surface area contributed by atoms with E-state index in [4.69, 9.17) is 0 Å². The first-order valence-corrected chi connectivity index (χ1v) is 5.91. The van der Waals surface area contributed by atoms with Crippen molar-refractivity contribution in [2.45, 2.75) is 39.2 Å². The fourth-order valence-electron chi connectivity index (χ4n) is 3.35. The minimum absolute atomic E-state index is 0.0642. The molecule has 0 heterocycles. The van der Waals surface area contributed by atoms with Crippen LogP contribution in [0.5, 0.6) is 0 Å². The van der Waals surface area contributed by atoms with E-state index in [0.29, 0.717) is 5.41 Å². The van der Waals surface area contributed by atoms with E-state index in [1.807, 2.05) is 0 Å². The van der Waals surface area contributed by atoms with Crippen molar-refractivity contribution in [1.82, 2.24) is 0 Å². The Hall–Kier alpha value is 0.440. The smallest absolute Gasteiger partial charge is 0.0612 e. The predicted octanol–water partition coefficient (Wildman–Crippen LogP) is 2.57. The quantitative estimate of drug-likeness (QED) is 0.690. The molecule has 1 N–H and O–H groups in total. The molecular formula is C10H17BrO. The lowest BCUT2D eigenvalue weighted by atomic mass is 9.70. The van der Waals surface area contributed by atoms with Crippen molar-refractivity contribution < 1.29 is 5.11 Å². The highest BCUT2D eigenvalue weighted by molar-refractivity contribution is 9.09. The third-order valence-electron chi connectivity index (χ3n) is 4.63. The Labute approximate surface area is 82.7 Å². The van der Waals surface area contributed by atoms with E-state index in [1.54, 1.807) is 0 Å². The van der Waals surface area contributed by atoms with Crippen LogP contribution in [0.2, 0.25) is 0 Å². The summed E-state index contributed by atoms with van der Waals surface area (Å²) in [6, 6.07) is 0. The van der Waals surface area contributed by atoms with Gasteiger partial charge in [-0.3, -0.25) is 0 Å². The summed E-state index contributed by atoms with van der Waals surface area (Å²) >= 11 is 3.58. The molecule has 0 aromatic carbocycles. The molecule has 70 valence electrons. The van der Waals surface area contributed by atoms with Gasteiger partial charge in [-0.25, -0.2) is 0 Å². The summed E-state index contributed by atoms with van der Waals surface area (Å²) in [6.07, 6.45) is 3.48. The Bertz CT molecular complexity index is 202. The van der Waals surface area contributed by atoms with E-state index < -0.39 is 0 Å². The minimum atomic E-state index is -0.0642. The van der Waals surface area contributed by atoms with Crippen molar-refractivity contribution in [2.24, 2.45) is 16.7 Å². The van der Waals surface area contributed by atoms with E-state index in [2.05, 4.69) is 29.8 Å². The van der Waals surface area contributed by atoms with Crippen molar-refractivity contribution >= 4 is 15.9 Å². The summed E-state index contributed by atoms with van der Waals surface area (Å²) in [5, 5.41) is 10.9. The van der Waals surface area contributed by atoms with Gasteiger partial charge in [-0.2, -0.15) is 0 Å². The van der Waals surface area contributed by atoms with Crippen LogP contribution >= 0.6 is 15.9 Å². The lowest BCUT2D eigenvalue weighted by Gasteiger charge is -2.38. The van der Waals surface area contributed by atoms with Gasteiger partial charge in [0.2, 0.25) is 0 Å². The summed E-state index contributed by atoms with van der Waals surface area (Å²) in [5.74, 6) is 0.755. The van der Waals surface area contributed by atoms with Gasteiger partial charge in [0.25, 0.3) is 0 Å². The normalized spacial score (nSPS) is 50.0. The van der Waals surface area contributed by atoms with Crippen molar-refractivity contribution in [3.05, 3.63) is 0 Å².